The summed E-state index contributed by atoms with van der Waals surface area (Å²) < 4.78 is 2.03. The van der Waals surface area contributed by atoms with Gasteiger partial charge in [0.2, 0.25) is 0 Å². The first-order valence-corrected chi connectivity index (χ1v) is 5.87. The molecule has 14 heavy (non-hydrogen) atoms. The molecule has 0 aliphatic heterocycles. The van der Waals surface area contributed by atoms with Crippen LogP contribution in [0, 0.1) is 6.92 Å². The van der Waals surface area contributed by atoms with E-state index < -0.39 is 0 Å². The molecule has 1 N–H and O–H groups in total. The van der Waals surface area contributed by atoms with E-state index in [2.05, 4.69) is 15.5 Å². The van der Waals surface area contributed by atoms with Crippen molar-refractivity contribution in [1.82, 2.24) is 20.1 Å². The number of nitrogens with zero attached hydrogens (tertiary/aromatic N) is 3. The van der Waals surface area contributed by atoms with Gasteiger partial charge in [-0.05, 0) is 33.4 Å². The van der Waals surface area contributed by atoms with Crippen LogP contribution in [0.1, 0.15) is 18.7 Å². The Labute approximate surface area is 89.5 Å². The Bertz CT molecular complexity index is 272. The fraction of sp³-hybridized carbons (Fsp3) is 0.778. The lowest BCUT2D eigenvalue weighted by Gasteiger charge is -2.01. The van der Waals surface area contributed by atoms with E-state index >= 15 is 0 Å². The van der Waals surface area contributed by atoms with Crippen LogP contribution in [-0.2, 0) is 7.05 Å². The van der Waals surface area contributed by atoms with Gasteiger partial charge < -0.3 is 9.88 Å². The minimum Gasteiger partial charge on any atom is -0.320 e. The van der Waals surface area contributed by atoms with Gasteiger partial charge in [0.1, 0.15) is 5.82 Å². The van der Waals surface area contributed by atoms with Gasteiger partial charge in [0.15, 0.2) is 5.16 Å². The molecule has 1 aromatic heterocycles. The van der Waals surface area contributed by atoms with Crippen LogP contribution in [0.2, 0.25) is 0 Å². The van der Waals surface area contributed by atoms with Crippen LogP contribution < -0.4 is 5.32 Å². The van der Waals surface area contributed by atoms with Gasteiger partial charge in [-0.1, -0.05) is 11.8 Å². The fourth-order valence-electron chi connectivity index (χ4n) is 1.08. The van der Waals surface area contributed by atoms with E-state index in [-0.39, 0.29) is 0 Å². The molecule has 0 aliphatic carbocycles. The van der Waals surface area contributed by atoms with Gasteiger partial charge >= 0.3 is 0 Å². The van der Waals surface area contributed by atoms with Crippen molar-refractivity contribution in [2.24, 2.45) is 7.05 Å². The highest BCUT2D eigenvalue weighted by Gasteiger charge is 2.03. The Morgan fingerprint density at radius 2 is 2.14 bits per heavy atom. The van der Waals surface area contributed by atoms with E-state index in [1.165, 1.54) is 12.8 Å². The maximum absolute atomic E-state index is 4.09. The number of unbranched alkanes of at least 4 members (excludes halogenated alkanes) is 1. The van der Waals surface area contributed by atoms with Crippen molar-refractivity contribution in [3.8, 4) is 0 Å². The molecule has 0 atom stereocenters. The maximum atomic E-state index is 4.09. The molecule has 0 fully saturated rings. The summed E-state index contributed by atoms with van der Waals surface area (Å²) in [5.74, 6) is 2.09. The zero-order valence-electron chi connectivity index (χ0n) is 9.08. The predicted molar refractivity (Wildman–Crippen MR) is 59.6 cm³/mol. The van der Waals surface area contributed by atoms with Gasteiger partial charge in [-0.3, -0.25) is 0 Å². The number of aryl methyl sites for hydroxylation is 1. The minimum atomic E-state index is 0.975. The standard InChI is InChI=1S/C9H18N4S/c1-8-11-12-9(13(8)3)14-7-5-4-6-10-2/h10H,4-7H2,1-3H3. The van der Waals surface area contributed by atoms with E-state index in [1.807, 2.05) is 25.6 Å². The lowest BCUT2D eigenvalue weighted by Crippen LogP contribution is -2.07. The summed E-state index contributed by atoms with van der Waals surface area (Å²) in [5, 5.41) is 12.3. The molecule has 0 saturated carbocycles. The Kier molecular flexibility index (Phi) is 4.97. The number of hydrogen-bond acceptors (Lipinski definition) is 4. The van der Waals surface area contributed by atoms with Gasteiger partial charge in [0.25, 0.3) is 0 Å². The Morgan fingerprint density at radius 3 is 2.71 bits per heavy atom. The highest BCUT2D eigenvalue weighted by Crippen LogP contribution is 2.16. The van der Waals surface area contributed by atoms with Crippen molar-refractivity contribution in [1.29, 1.82) is 0 Å². The summed E-state index contributed by atoms with van der Waals surface area (Å²) in [4.78, 5) is 0. The largest absolute Gasteiger partial charge is 0.320 e. The van der Waals surface area contributed by atoms with Crippen molar-refractivity contribution < 1.29 is 0 Å². The summed E-state index contributed by atoms with van der Waals surface area (Å²) in [5.41, 5.74) is 0. The highest BCUT2D eigenvalue weighted by atomic mass is 32.2. The van der Waals surface area contributed by atoms with Crippen molar-refractivity contribution in [3.63, 3.8) is 0 Å². The van der Waals surface area contributed by atoms with Crippen molar-refractivity contribution in [2.75, 3.05) is 19.3 Å². The summed E-state index contributed by atoms with van der Waals surface area (Å²) >= 11 is 1.78. The van der Waals surface area contributed by atoms with Gasteiger partial charge in [0.05, 0.1) is 0 Å². The van der Waals surface area contributed by atoms with Crippen molar-refractivity contribution in [2.45, 2.75) is 24.9 Å². The van der Waals surface area contributed by atoms with E-state index in [0.29, 0.717) is 0 Å². The van der Waals surface area contributed by atoms with Crippen LogP contribution >= 0.6 is 11.8 Å². The smallest absolute Gasteiger partial charge is 0.190 e. The first-order valence-electron chi connectivity index (χ1n) is 4.89. The third kappa shape index (κ3) is 3.31. The predicted octanol–water partition coefficient (Wildman–Crippen LogP) is 1.22. The van der Waals surface area contributed by atoms with Crippen LogP contribution in [0.3, 0.4) is 0 Å². The Hall–Kier alpha value is -0.550. The molecule has 1 heterocycles. The van der Waals surface area contributed by atoms with Crippen LogP contribution in [0.4, 0.5) is 0 Å². The first kappa shape index (κ1) is 11.5. The SMILES string of the molecule is CNCCCCSc1nnc(C)n1C. The normalized spacial score (nSPS) is 10.8. The molecule has 0 amide bonds. The molecule has 0 bridgehead atoms. The number of thioether (sulfide) groups is 1. The second-order valence-corrected chi connectivity index (χ2v) is 4.31. The molecule has 0 saturated heterocycles. The Balaban J connectivity index is 2.21. The lowest BCUT2D eigenvalue weighted by molar-refractivity contribution is 0.712. The molecule has 1 aromatic rings. The summed E-state index contributed by atoms with van der Waals surface area (Å²) in [6.07, 6.45) is 2.44. The maximum Gasteiger partial charge on any atom is 0.190 e. The number of rotatable bonds is 6. The summed E-state index contributed by atoms with van der Waals surface area (Å²) in [7, 11) is 3.99. The highest BCUT2D eigenvalue weighted by molar-refractivity contribution is 7.99. The summed E-state index contributed by atoms with van der Waals surface area (Å²) in [6, 6.07) is 0. The molecule has 80 valence electrons. The molecule has 0 aromatic carbocycles. The van der Waals surface area contributed by atoms with E-state index in [0.717, 1.165) is 23.3 Å². The molecule has 5 heteroatoms. The second kappa shape index (κ2) is 6.03. The number of hydrogen-bond donors (Lipinski definition) is 1. The van der Waals surface area contributed by atoms with Gasteiger partial charge in [-0.2, -0.15) is 0 Å². The van der Waals surface area contributed by atoms with E-state index in [4.69, 9.17) is 0 Å². The Morgan fingerprint density at radius 1 is 1.36 bits per heavy atom. The van der Waals surface area contributed by atoms with Crippen LogP contribution in [-0.4, -0.2) is 34.1 Å². The van der Waals surface area contributed by atoms with E-state index in [1.54, 1.807) is 11.8 Å². The topological polar surface area (TPSA) is 42.7 Å². The van der Waals surface area contributed by atoms with Gasteiger partial charge in [0, 0.05) is 12.8 Å². The van der Waals surface area contributed by atoms with Gasteiger partial charge in [-0.25, -0.2) is 0 Å². The molecule has 0 unspecified atom stereocenters. The molecular formula is C9H18N4S. The van der Waals surface area contributed by atoms with Crippen molar-refractivity contribution in [3.05, 3.63) is 5.82 Å². The number of nitrogens with one attached hydrogen (secondary N) is 1. The summed E-state index contributed by atoms with van der Waals surface area (Å²) in [6.45, 7) is 3.07. The van der Waals surface area contributed by atoms with Crippen LogP contribution in [0.5, 0.6) is 0 Å². The zero-order chi connectivity index (χ0) is 10.4. The van der Waals surface area contributed by atoms with Gasteiger partial charge in [-0.15, -0.1) is 10.2 Å². The molecule has 0 radical (unpaired) electrons. The second-order valence-electron chi connectivity index (χ2n) is 3.25. The van der Waals surface area contributed by atoms with Crippen molar-refractivity contribution >= 4 is 11.8 Å². The molecule has 0 aliphatic rings. The average Bonchev–Trinajstić information content (AvgIpc) is 2.49. The molecule has 1 rings (SSSR count). The number of aromatic nitrogens is 3. The third-order valence-electron chi connectivity index (χ3n) is 2.10. The zero-order valence-corrected chi connectivity index (χ0v) is 9.89. The molecular weight excluding hydrogens is 196 g/mol. The quantitative estimate of drug-likeness (QED) is 0.571. The van der Waals surface area contributed by atoms with Crippen LogP contribution in [0.25, 0.3) is 0 Å². The monoisotopic (exact) mass is 214 g/mol. The molecule has 4 nitrogen and oxygen atoms in total. The lowest BCUT2D eigenvalue weighted by atomic mass is 10.3. The third-order valence-corrected chi connectivity index (χ3v) is 3.21. The van der Waals surface area contributed by atoms with Crippen LogP contribution in [0.15, 0.2) is 5.16 Å². The minimum absolute atomic E-state index is 0.975. The molecule has 0 spiro atoms. The van der Waals surface area contributed by atoms with E-state index in [9.17, 15) is 0 Å². The average molecular weight is 214 g/mol. The fourth-order valence-corrected chi connectivity index (χ4v) is 2.04. The first-order chi connectivity index (χ1) is 6.75.